The summed E-state index contributed by atoms with van der Waals surface area (Å²) >= 11 is 0. The van der Waals surface area contributed by atoms with Crippen molar-refractivity contribution >= 4 is 5.97 Å². The van der Waals surface area contributed by atoms with Crippen LogP contribution in [0.4, 0.5) is 0 Å². The first-order valence-electron chi connectivity index (χ1n) is 5.23. The van der Waals surface area contributed by atoms with Crippen molar-refractivity contribution in [3.05, 3.63) is 18.0 Å². The van der Waals surface area contributed by atoms with Gasteiger partial charge in [0.15, 0.2) is 0 Å². The number of hydrogen-bond donors (Lipinski definition) is 0. The summed E-state index contributed by atoms with van der Waals surface area (Å²) in [5.41, 5.74) is 0.256. The Morgan fingerprint density at radius 2 is 2.20 bits per heavy atom. The van der Waals surface area contributed by atoms with Crippen molar-refractivity contribution in [3.8, 4) is 0 Å². The van der Waals surface area contributed by atoms with Gasteiger partial charge in [-0.15, -0.1) is 0 Å². The highest BCUT2D eigenvalue weighted by atomic mass is 16.5. The zero-order chi connectivity index (χ0) is 11.5. The minimum absolute atomic E-state index is 0.208. The quantitative estimate of drug-likeness (QED) is 0.711. The van der Waals surface area contributed by atoms with Gasteiger partial charge in [-0.2, -0.15) is 5.10 Å². The van der Waals surface area contributed by atoms with Crippen molar-refractivity contribution in [3.63, 3.8) is 0 Å². The van der Waals surface area contributed by atoms with Crippen molar-refractivity contribution in [2.24, 2.45) is 0 Å². The third-order valence-corrected chi connectivity index (χ3v) is 2.44. The van der Waals surface area contributed by atoms with Crippen LogP contribution >= 0.6 is 0 Å². The molecule has 0 aliphatic carbocycles. The Morgan fingerprint density at radius 3 is 2.73 bits per heavy atom. The monoisotopic (exact) mass is 210 g/mol. The number of rotatable bonds is 4. The van der Waals surface area contributed by atoms with Crippen LogP contribution in [0, 0.1) is 0 Å². The summed E-state index contributed by atoms with van der Waals surface area (Å²) < 4.78 is 6.87. The van der Waals surface area contributed by atoms with E-state index in [0.29, 0.717) is 6.61 Å². The highest BCUT2D eigenvalue weighted by molar-refractivity contribution is 5.81. The second kappa shape index (κ2) is 4.47. The number of carbonyl (C=O) groups is 1. The molecular formula is C11H18N2O2. The second-order valence-electron chi connectivity index (χ2n) is 3.88. The molecule has 0 atom stereocenters. The van der Waals surface area contributed by atoms with Crippen molar-refractivity contribution in [2.75, 3.05) is 6.61 Å². The molecule has 0 spiro atoms. The van der Waals surface area contributed by atoms with Crippen molar-refractivity contribution in [1.29, 1.82) is 0 Å². The van der Waals surface area contributed by atoms with Gasteiger partial charge in [-0.1, -0.05) is 0 Å². The Balaban J connectivity index is 2.99. The van der Waals surface area contributed by atoms with Crippen LogP contribution in [0.3, 0.4) is 0 Å². The predicted molar refractivity (Wildman–Crippen MR) is 57.6 cm³/mol. The fraction of sp³-hybridized carbons (Fsp3) is 0.636. The van der Waals surface area contributed by atoms with Gasteiger partial charge in [0.05, 0.1) is 12.3 Å². The molecule has 0 aromatic carbocycles. The smallest absolute Gasteiger partial charge is 0.317 e. The summed E-state index contributed by atoms with van der Waals surface area (Å²) in [6.45, 7) is 8.68. The molecule has 0 saturated heterocycles. The van der Waals surface area contributed by atoms with E-state index >= 15 is 0 Å². The first kappa shape index (κ1) is 11.8. The zero-order valence-electron chi connectivity index (χ0n) is 9.78. The van der Waals surface area contributed by atoms with E-state index in [1.165, 1.54) is 0 Å². The molecule has 1 rings (SSSR count). The molecule has 1 aromatic rings. The number of nitrogens with zero attached hydrogens (tertiary/aromatic N) is 2. The molecular weight excluding hydrogens is 192 g/mol. The van der Waals surface area contributed by atoms with Crippen LogP contribution in [0.15, 0.2) is 12.3 Å². The Kier molecular flexibility index (Phi) is 3.50. The van der Waals surface area contributed by atoms with Crippen LogP contribution in [0.5, 0.6) is 0 Å². The van der Waals surface area contributed by atoms with Crippen LogP contribution < -0.4 is 0 Å². The van der Waals surface area contributed by atoms with E-state index < -0.39 is 5.41 Å². The lowest BCUT2D eigenvalue weighted by Crippen LogP contribution is -2.33. The SMILES string of the molecule is CCOC(=O)C(C)(C)c1ccnn1CC. The van der Waals surface area contributed by atoms with Gasteiger partial charge in [0.2, 0.25) is 0 Å². The summed E-state index contributed by atoms with van der Waals surface area (Å²) in [6.07, 6.45) is 1.71. The number of ether oxygens (including phenoxy) is 1. The fourth-order valence-corrected chi connectivity index (χ4v) is 1.53. The summed E-state index contributed by atoms with van der Waals surface area (Å²) in [6, 6.07) is 1.86. The molecule has 0 unspecified atom stereocenters. The Bertz CT molecular complexity index is 342. The van der Waals surface area contributed by atoms with Gasteiger partial charge in [0.25, 0.3) is 0 Å². The largest absolute Gasteiger partial charge is 0.465 e. The highest BCUT2D eigenvalue weighted by Crippen LogP contribution is 2.24. The van der Waals surface area contributed by atoms with Gasteiger partial charge in [-0.25, -0.2) is 0 Å². The number of hydrogen-bond acceptors (Lipinski definition) is 3. The molecule has 1 heterocycles. The van der Waals surface area contributed by atoms with Crippen LogP contribution in [0.2, 0.25) is 0 Å². The van der Waals surface area contributed by atoms with E-state index in [1.807, 2.05) is 38.4 Å². The van der Waals surface area contributed by atoms with Crippen LogP contribution in [-0.4, -0.2) is 22.4 Å². The van der Waals surface area contributed by atoms with Crippen LogP contribution in [0.1, 0.15) is 33.4 Å². The molecule has 0 N–H and O–H groups in total. The first-order valence-corrected chi connectivity index (χ1v) is 5.23. The summed E-state index contributed by atoms with van der Waals surface area (Å²) in [7, 11) is 0. The maximum atomic E-state index is 11.8. The molecule has 0 radical (unpaired) electrons. The van der Waals surface area contributed by atoms with Gasteiger partial charge >= 0.3 is 5.97 Å². The molecule has 84 valence electrons. The van der Waals surface area contributed by atoms with Crippen molar-refractivity contribution in [1.82, 2.24) is 9.78 Å². The van der Waals surface area contributed by atoms with Gasteiger partial charge in [0, 0.05) is 12.7 Å². The van der Waals surface area contributed by atoms with E-state index in [1.54, 1.807) is 6.20 Å². The van der Waals surface area contributed by atoms with E-state index in [4.69, 9.17) is 4.74 Å². The Labute approximate surface area is 90.2 Å². The topological polar surface area (TPSA) is 44.1 Å². The minimum atomic E-state index is -0.636. The van der Waals surface area contributed by atoms with Crippen LogP contribution in [0.25, 0.3) is 0 Å². The fourth-order valence-electron chi connectivity index (χ4n) is 1.53. The third kappa shape index (κ3) is 2.19. The van der Waals surface area contributed by atoms with E-state index in [0.717, 1.165) is 12.2 Å². The lowest BCUT2D eigenvalue weighted by molar-refractivity contribution is -0.149. The van der Waals surface area contributed by atoms with Crippen LogP contribution in [-0.2, 0) is 21.5 Å². The number of aryl methyl sites for hydroxylation is 1. The lowest BCUT2D eigenvalue weighted by atomic mass is 9.89. The van der Waals surface area contributed by atoms with Gasteiger partial charge < -0.3 is 4.74 Å². The highest BCUT2D eigenvalue weighted by Gasteiger charge is 2.34. The third-order valence-electron chi connectivity index (χ3n) is 2.44. The Morgan fingerprint density at radius 1 is 1.53 bits per heavy atom. The molecule has 0 fully saturated rings. The average molecular weight is 210 g/mol. The van der Waals surface area contributed by atoms with Gasteiger partial charge in [0.1, 0.15) is 5.41 Å². The van der Waals surface area contributed by atoms with Crippen molar-refractivity contribution in [2.45, 2.75) is 39.7 Å². The van der Waals surface area contributed by atoms with E-state index in [2.05, 4.69) is 5.10 Å². The molecule has 0 bridgehead atoms. The lowest BCUT2D eigenvalue weighted by Gasteiger charge is -2.23. The molecule has 0 amide bonds. The molecule has 4 heteroatoms. The first-order chi connectivity index (χ1) is 7.04. The zero-order valence-corrected chi connectivity index (χ0v) is 9.78. The molecule has 15 heavy (non-hydrogen) atoms. The van der Waals surface area contributed by atoms with Crippen molar-refractivity contribution < 1.29 is 9.53 Å². The number of aromatic nitrogens is 2. The van der Waals surface area contributed by atoms with E-state index in [9.17, 15) is 4.79 Å². The maximum absolute atomic E-state index is 11.8. The Hall–Kier alpha value is -1.32. The second-order valence-corrected chi connectivity index (χ2v) is 3.88. The standard InChI is InChI=1S/C11H18N2O2/c1-5-13-9(7-8-12-13)11(3,4)10(14)15-6-2/h7-8H,5-6H2,1-4H3. The molecule has 4 nitrogen and oxygen atoms in total. The minimum Gasteiger partial charge on any atom is -0.465 e. The molecule has 0 aliphatic heterocycles. The van der Waals surface area contributed by atoms with Gasteiger partial charge in [-0.3, -0.25) is 9.48 Å². The molecule has 0 saturated carbocycles. The summed E-state index contributed by atoms with van der Waals surface area (Å²) in [5.74, 6) is -0.208. The molecule has 1 aromatic heterocycles. The number of esters is 1. The predicted octanol–water partition coefficient (Wildman–Crippen LogP) is 1.74. The average Bonchev–Trinajstić information content (AvgIpc) is 2.66. The molecule has 0 aliphatic rings. The summed E-state index contributed by atoms with van der Waals surface area (Å²) in [5, 5.41) is 4.15. The maximum Gasteiger partial charge on any atom is 0.317 e. The van der Waals surface area contributed by atoms with E-state index in [-0.39, 0.29) is 5.97 Å². The van der Waals surface area contributed by atoms with Gasteiger partial charge in [-0.05, 0) is 33.8 Å². The number of carbonyl (C=O) groups excluding carboxylic acids is 1. The normalized spacial score (nSPS) is 11.5. The summed E-state index contributed by atoms with van der Waals surface area (Å²) in [4.78, 5) is 11.8.